The van der Waals surface area contributed by atoms with Gasteiger partial charge < -0.3 is 10.4 Å². The van der Waals surface area contributed by atoms with Gasteiger partial charge in [-0.2, -0.15) is 0 Å². The maximum atomic E-state index is 9.92. The number of hydrogen-bond acceptors (Lipinski definition) is 2. The van der Waals surface area contributed by atoms with Crippen molar-refractivity contribution < 1.29 is 5.11 Å². The van der Waals surface area contributed by atoms with Gasteiger partial charge in [0.25, 0.3) is 0 Å². The van der Waals surface area contributed by atoms with Crippen LogP contribution in [0.15, 0.2) is 30.3 Å². The summed E-state index contributed by atoms with van der Waals surface area (Å²) >= 11 is 0. The van der Waals surface area contributed by atoms with Gasteiger partial charge in [0, 0.05) is 6.04 Å². The Morgan fingerprint density at radius 3 is 2.38 bits per heavy atom. The molecule has 0 amide bonds. The number of hydrogen-bond donors (Lipinski definition) is 2. The van der Waals surface area contributed by atoms with E-state index in [4.69, 9.17) is 0 Å². The van der Waals surface area contributed by atoms with Gasteiger partial charge in [0.1, 0.15) is 0 Å². The summed E-state index contributed by atoms with van der Waals surface area (Å²) in [6, 6.07) is 9.88. The highest BCUT2D eigenvalue weighted by Crippen LogP contribution is 2.17. The van der Waals surface area contributed by atoms with E-state index in [1.807, 2.05) is 37.4 Å². The lowest BCUT2D eigenvalue weighted by Gasteiger charge is -2.21. The van der Waals surface area contributed by atoms with Crippen molar-refractivity contribution in [2.24, 2.45) is 0 Å². The molecule has 0 radical (unpaired) electrons. The van der Waals surface area contributed by atoms with Crippen LogP contribution < -0.4 is 5.32 Å². The van der Waals surface area contributed by atoms with Crippen molar-refractivity contribution >= 4 is 0 Å². The van der Waals surface area contributed by atoms with Gasteiger partial charge >= 0.3 is 0 Å². The number of aliphatic hydroxyl groups is 1. The quantitative estimate of drug-likeness (QED) is 0.737. The molecule has 1 rings (SSSR count). The largest absolute Gasteiger partial charge is 0.387 e. The Balaban J connectivity index is 2.72. The summed E-state index contributed by atoms with van der Waals surface area (Å²) in [5, 5.41) is 13.0. The molecule has 0 aliphatic rings. The molecule has 2 atom stereocenters. The molecule has 0 aromatic heterocycles. The van der Waals surface area contributed by atoms with Crippen LogP contribution in [0.4, 0.5) is 0 Å². The van der Waals surface area contributed by atoms with Crippen LogP contribution in [0.25, 0.3) is 0 Å². The van der Waals surface area contributed by atoms with Crippen molar-refractivity contribution in [2.75, 3.05) is 7.05 Å². The zero-order valence-electron chi connectivity index (χ0n) is 8.20. The topological polar surface area (TPSA) is 32.3 Å². The number of likely N-dealkylation sites (N-methyl/N-ethyl adjacent to an activating group) is 1. The molecule has 2 heteroatoms. The zero-order chi connectivity index (χ0) is 9.68. The molecule has 0 aliphatic carbocycles. The summed E-state index contributed by atoms with van der Waals surface area (Å²) in [7, 11) is 1.88. The maximum absolute atomic E-state index is 9.92. The molecule has 0 bridgehead atoms. The van der Waals surface area contributed by atoms with Crippen molar-refractivity contribution in [1.82, 2.24) is 5.32 Å². The predicted octanol–water partition coefficient (Wildman–Crippen LogP) is 1.72. The minimum atomic E-state index is -0.406. The van der Waals surface area contributed by atoms with Crippen molar-refractivity contribution in [2.45, 2.75) is 25.5 Å². The first kappa shape index (κ1) is 10.2. The van der Waals surface area contributed by atoms with E-state index in [9.17, 15) is 5.11 Å². The Morgan fingerprint density at radius 1 is 1.31 bits per heavy atom. The van der Waals surface area contributed by atoms with Gasteiger partial charge in [0.05, 0.1) is 6.10 Å². The maximum Gasteiger partial charge on any atom is 0.0942 e. The molecule has 2 nitrogen and oxygen atoms in total. The van der Waals surface area contributed by atoms with E-state index in [0.717, 1.165) is 12.0 Å². The van der Waals surface area contributed by atoms with Crippen LogP contribution in [-0.2, 0) is 0 Å². The molecule has 0 spiro atoms. The van der Waals surface area contributed by atoms with Gasteiger partial charge in [-0.25, -0.2) is 0 Å². The average Bonchev–Trinajstić information content (AvgIpc) is 2.21. The Labute approximate surface area is 79.6 Å². The van der Waals surface area contributed by atoms with Gasteiger partial charge in [-0.1, -0.05) is 37.3 Å². The van der Waals surface area contributed by atoms with E-state index in [1.165, 1.54) is 0 Å². The molecular formula is C11H17NO. The van der Waals surface area contributed by atoms with Crippen molar-refractivity contribution in [3.05, 3.63) is 35.9 Å². The lowest BCUT2D eigenvalue weighted by Crippen LogP contribution is -2.31. The normalized spacial score (nSPS) is 15.3. The first-order chi connectivity index (χ1) is 6.29. The first-order valence-corrected chi connectivity index (χ1v) is 4.69. The van der Waals surface area contributed by atoms with Crippen molar-refractivity contribution in [1.29, 1.82) is 0 Å². The highest BCUT2D eigenvalue weighted by atomic mass is 16.3. The second-order valence-corrected chi connectivity index (χ2v) is 3.16. The molecule has 0 aliphatic heterocycles. The minimum Gasteiger partial charge on any atom is -0.387 e. The number of rotatable bonds is 4. The van der Waals surface area contributed by atoms with E-state index in [0.29, 0.717) is 0 Å². The predicted molar refractivity (Wildman–Crippen MR) is 54.5 cm³/mol. The second kappa shape index (κ2) is 5.00. The van der Waals surface area contributed by atoms with Crippen LogP contribution in [0.5, 0.6) is 0 Å². The van der Waals surface area contributed by atoms with Crippen LogP contribution >= 0.6 is 0 Å². The van der Waals surface area contributed by atoms with Gasteiger partial charge in [-0.05, 0) is 19.0 Å². The fourth-order valence-corrected chi connectivity index (χ4v) is 1.47. The fraction of sp³-hybridized carbons (Fsp3) is 0.455. The Kier molecular flexibility index (Phi) is 3.93. The molecule has 0 heterocycles. The van der Waals surface area contributed by atoms with E-state index in [1.54, 1.807) is 0 Å². The monoisotopic (exact) mass is 179 g/mol. The third kappa shape index (κ3) is 2.54. The lowest BCUT2D eigenvalue weighted by atomic mass is 10.0. The molecule has 1 aromatic rings. The van der Waals surface area contributed by atoms with Gasteiger partial charge in [0.2, 0.25) is 0 Å². The molecule has 0 saturated carbocycles. The molecular weight excluding hydrogens is 162 g/mol. The standard InChI is InChI=1S/C11H17NO/c1-3-10(12-2)11(13)9-7-5-4-6-8-9/h4-8,10-13H,3H2,1-2H3/t10-,11-/m1/s1. The van der Waals surface area contributed by atoms with E-state index in [2.05, 4.69) is 12.2 Å². The molecule has 0 unspecified atom stereocenters. The Morgan fingerprint density at radius 2 is 1.92 bits per heavy atom. The number of benzene rings is 1. The van der Waals surface area contributed by atoms with Gasteiger partial charge in [0.15, 0.2) is 0 Å². The van der Waals surface area contributed by atoms with Gasteiger partial charge in [-0.15, -0.1) is 0 Å². The highest BCUT2D eigenvalue weighted by molar-refractivity contribution is 5.18. The number of aliphatic hydroxyl groups excluding tert-OH is 1. The number of nitrogens with one attached hydrogen (secondary N) is 1. The summed E-state index contributed by atoms with van der Waals surface area (Å²) in [5.74, 6) is 0. The lowest BCUT2D eigenvalue weighted by molar-refractivity contribution is 0.130. The van der Waals surface area contributed by atoms with Crippen LogP contribution in [0.3, 0.4) is 0 Å². The van der Waals surface area contributed by atoms with Crippen molar-refractivity contribution in [3.8, 4) is 0 Å². The minimum absolute atomic E-state index is 0.141. The highest BCUT2D eigenvalue weighted by Gasteiger charge is 2.16. The third-order valence-corrected chi connectivity index (χ3v) is 2.33. The van der Waals surface area contributed by atoms with E-state index < -0.39 is 6.10 Å². The smallest absolute Gasteiger partial charge is 0.0942 e. The van der Waals surface area contributed by atoms with Crippen LogP contribution in [0.1, 0.15) is 25.0 Å². The van der Waals surface area contributed by atoms with Gasteiger partial charge in [-0.3, -0.25) is 0 Å². The summed E-state index contributed by atoms with van der Waals surface area (Å²) in [6.45, 7) is 2.06. The summed E-state index contributed by atoms with van der Waals surface area (Å²) < 4.78 is 0. The Hall–Kier alpha value is -0.860. The average molecular weight is 179 g/mol. The Bertz CT molecular complexity index is 231. The fourth-order valence-electron chi connectivity index (χ4n) is 1.47. The SMILES string of the molecule is CC[C@@H](NC)[C@H](O)c1ccccc1. The zero-order valence-corrected chi connectivity index (χ0v) is 8.20. The summed E-state index contributed by atoms with van der Waals surface area (Å²) in [4.78, 5) is 0. The first-order valence-electron chi connectivity index (χ1n) is 4.69. The van der Waals surface area contributed by atoms with Crippen LogP contribution in [0.2, 0.25) is 0 Å². The molecule has 2 N–H and O–H groups in total. The second-order valence-electron chi connectivity index (χ2n) is 3.16. The molecule has 1 aromatic carbocycles. The summed E-state index contributed by atoms with van der Waals surface area (Å²) in [6.07, 6.45) is 0.517. The molecule has 72 valence electrons. The van der Waals surface area contributed by atoms with Crippen LogP contribution in [-0.4, -0.2) is 18.2 Å². The molecule has 0 saturated heterocycles. The summed E-state index contributed by atoms with van der Waals surface area (Å²) in [5.41, 5.74) is 0.976. The molecule has 0 fully saturated rings. The van der Waals surface area contributed by atoms with Crippen molar-refractivity contribution in [3.63, 3.8) is 0 Å². The third-order valence-electron chi connectivity index (χ3n) is 2.33. The molecule has 13 heavy (non-hydrogen) atoms. The van der Waals surface area contributed by atoms with Crippen LogP contribution in [0, 0.1) is 0 Å². The van der Waals surface area contributed by atoms with E-state index in [-0.39, 0.29) is 6.04 Å². The van der Waals surface area contributed by atoms with E-state index >= 15 is 0 Å².